The first kappa shape index (κ1) is 14.3. The third kappa shape index (κ3) is 3.45. The molecule has 0 saturated heterocycles. The van der Waals surface area contributed by atoms with Crippen molar-refractivity contribution in [3.63, 3.8) is 0 Å². The fourth-order valence-electron chi connectivity index (χ4n) is 2.14. The molecule has 0 amide bonds. The van der Waals surface area contributed by atoms with Gasteiger partial charge in [-0.15, -0.1) is 0 Å². The number of hydrogen-bond acceptors (Lipinski definition) is 2. The first-order valence-corrected chi connectivity index (χ1v) is 6.73. The van der Waals surface area contributed by atoms with E-state index in [-0.39, 0.29) is 0 Å². The number of hydrazine groups is 1. The van der Waals surface area contributed by atoms with E-state index in [1.165, 1.54) is 5.56 Å². The van der Waals surface area contributed by atoms with E-state index in [0.29, 0.717) is 0 Å². The molecule has 0 aliphatic heterocycles. The number of benzene rings is 2. The topological polar surface area (TPSA) is 18.8 Å². The standard InChI is InChI=1S/C17H21N3/c1-18-17(16-12-8-5-9-13-16)20(19(2)3)14-15-10-6-4-7-11-15/h4-13H,14H2,1-3H3. The minimum absolute atomic E-state index is 0.801. The largest absolute Gasteiger partial charge is 0.285 e. The van der Waals surface area contributed by atoms with Gasteiger partial charge in [0.2, 0.25) is 0 Å². The molecule has 0 unspecified atom stereocenters. The monoisotopic (exact) mass is 267 g/mol. The van der Waals surface area contributed by atoms with E-state index < -0.39 is 0 Å². The third-order valence-electron chi connectivity index (χ3n) is 3.15. The minimum atomic E-state index is 0.801. The highest BCUT2D eigenvalue weighted by molar-refractivity contribution is 5.98. The summed E-state index contributed by atoms with van der Waals surface area (Å²) >= 11 is 0. The normalized spacial score (nSPS) is 11.7. The van der Waals surface area contributed by atoms with Crippen molar-refractivity contribution in [1.82, 2.24) is 10.0 Å². The Hall–Kier alpha value is -2.13. The van der Waals surface area contributed by atoms with Crippen LogP contribution in [0.2, 0.25) is 0 Å². The van der Waals surface area contributed by atoms with Crippen LogP contribution in [0.15, 0.2) is 65.7 Å². The van der Waals surface area contributed by atoms with E-state index in [4.69, 9.17) is 0 Å². The summed E-state index contributed by atoms with van der Waals surface area (Å²) in [6.45, 7) is 0.801. The molecule has 0 N–H and O–H groups in total. The first-order valence-electron chi connectivity index (χ1n) is 6.73. The SMILES string of the molecule is CN=C(c1ccccc1)N(Cc1ccccc1)N(C)C. The zero-order valence-corrected chi connectivity index (χ0v) is 12.3. The Bertz CT molecular complexity index is 547. The van der Waals surface area contributed by atoms with E-state index in [1.807, 2.05) is 45.4 Å². The zero-order valence-electron chi connectivity index (χ0n) is 12.3. The molecule has 0 spiro atoms. The Morgan fingerprint density at radius 2 is 1.45 bits per heavy atom. The summed E-state index contributed by atoms with van der Waals surface area (Å²) in [5.74, 6) is 0.972. The van der Waals surface area contributed by atoms with Crippen molar-refractivity contribution in [3.05, 3.63) is 71.8 Å². The van der Waals surface area contributed by atoms with Crippen molar-refractivity contribution in [2.75, 3.05) is 21.1 Å². The molecule has 104 valence electrons. The summed E-state index contributed by atoms with van der Waals surface area (Å²) in [6.07, 6.45) is 0. The second-order valence-electron chi connectivity index (χ2n) is 4.80. The van der Waals surface area contributed by atoms with Crippen LogP contribution in [-0.4, -0.2) is 37.0 Å². The zero-order chi connectivity index (χ0) is 14.4. The summed E-state index contributed by atoms with van der Waals surface area (Å²) in [7, 11) is 5.91. The lowest BCUT2D eigenvalue weighted by Crippen LogP contribution is -2.41. The van der Waals surface area contributed by atoms with Crippen molar-refractivity contribution < 1.29 is 0 Å². The van der Waals surface area contributed by atoms with Gasteiger partial charge >= 0.3 is 0 Å². The van der Waals surface area contributed by atoms with Crippen molar-refractivity contribution in [1.29, 1.82) is 0 Å². The summed E-state index contributed by atoms with van der Waals surface area (Å²) in [5, 5.41) is 4.24. The molecular formula is C17H21N3. The maximum absolute atomic E-state index is 4.48. The molecule has 0 fully saturated rings. The predicted molar refractivity (Wildman–Crippen MR) is 84.6 cm³/mol. The second-order valence-corrected chi connectivity index (χ2v) is 4.80. The molecule has 3 nitrogen and oxygen atoms in total. The van der Waals surface area contributed by atoms with Crippen LogP contribution in [-0.2, 0) is 6.54 Å². The van der Waals surface area contributed by atoms with Crippen LogP contribution >= 0.6 is 0 Å². The molecule has 0 radical (unpaired) electrons. The molecule has 2 rings (SSSR count). The van der Waals surface area contributed by atoms with Crippen LogP contribution in [0.1, 0.15) is 11.1 Å². The lowest BCUT2D eigenvalue weighted by atomic mass is 10.1. The quantitative estimate of drug-likeness (QED) is 0.482. The van der Waals surface area contributed by atoms with Crippen LogP contribution in [0.25, 0.3) is 0 Å². The van der Waals surface area contributed by atoms with Gasteiger partial charge in [0.15, 0.2) is 0 Å². The molecule has 2 aromatic rings. The molecular weight excluding hydrogens is 246 g/mol. The van der Waals surface area contributed by atoms with E-state index >= 15 is 0 Å². The Balaban J connectivity index is 2.28. The van der Waals surface area contributed by atoms with Gasteiger partial charge in [0.1, 0.15) is 5.84 Å². The number of aliphatic imine (C=N–C) groups is 1. The van der Waals surface area contributed by atoms with Gasteiger partial charge < -0.3 is 0 Å². The number of rotatable bonds is 4. The van der Waals surface area contributed by atoms with Gasteiger partial charge in [0.25, 0.3) is 0 Å². The number of nitrogens with zero attached hydrogens (tertiary/aromatic N) is 3. The Morgan fingerprint density at radius 1 is 0.900 bits per heavy atom. The van der Waals surface area contributed by atoms with E-state index in [2.05, 4.69) is 51.4 Å². The highest BCUT2D eigenvalue weighted by Gasteiger charge is 2.15. The Kier molecular flexibility index (Phi) is 4.91. The van der Waals surface area contributed by atoms with Gasteiger partial charge in [0, 0.05) is 26.7 Å². The molecule has 0 atom stereocenters. The molecule has 0 aliphatic carbocycles. The molecule has 2 aromatic carbocycles. The lowest BCUT2D eigenvalue weighted by Gasteiger charge is -2.32. The second kappa shape index (κ2) is 6.87. The number of hydrogen-bond donors (Lipinski definition) is 0. The van der Waals surface area contributed by atoms with E-state index in [9.17, 15) is 0 Å². The van der Waals surface area contributed by atoms with Crippen molar-refractivity contribution in [3.8, 4) is 0 Å². The minimum Gasteiger partial charge on any atom is -0.285 e. The highest BCUT2D eigenvalue weighted by Crippen LogP contribution is 2.12. The molecule has 0 heterocycles. The fraction of sp³-hybridized carbons (Fsp3) is 0.235. The predicted octanol–water partition coefficient (Wildman–Crippen LogP) is 3.04. The average Bonchev–Trinajstić information content (AvgIpc) is 2.49. The molecule has 0 aliphatic rings. The first-order chi connectivity index (χ1) is 9.72. The smallest absolute Gasteiger partial charge is 0.145 e. The highest BCUT2D eigenvalue weighted by atomic mass is 15.6. The van der Waals surface area contributed by atoms with Crippen LogP contribution in [0.3, 0.4) is 0 Å². The lowest BCUT2D eigenvalue weighted by molar-refractivity contribution is 0.103. The average molecular weight is 267 g/mol. The third-order valence-corrected chi connectivity index (χ3v) is 3.15. The van der Waals surface area contributed by atoms with Gasteiger partial charge in [-0.1, -0.05) is 60.7 Å². The van der Waals surface area contributed by atoms with Crippen LogP contribution in [0.4, 0.5) is 0 Å². The van der Waals surface area contributed by atoms with E-state index in [1.54, 1.807) is 0 Å². The van der Waals surface area contributed by atoms with Crippen LogP contribution in [0.5, 0.6) is 0 Å². The molecule has 0 aromatic heterocycles. The van der Waals surface area contributed by atoms with Gasteiger partial charge in [0.05, 0.1) is 6.54 Å². The fourth-order valence-corrected chi connectivity index (χ4v) is 2.14. The Labute approximate surface area is 121 Å². The molecule has 20 heavy (non-hydrogen) atoms. The molecule has 0 bridgehead atoms. The van der Waals surface area contributed by atoms with Gasteiger partial charge in [-0.3, -0.25) is 10.0 Å². The summed E-state index contributed by atoms with van der Waals surface area (Å²) < 4.78 is 0. The van der Waals surface area contributed by atoms with Crippen molar-refractivity contribution in [2.45, 2.75) is 6.54 Å². The van der Waals surface area contributed by atoms with Gasteiger partial charge in [-0.25, -0.2) is 5.01 Å². The summed E-state index contributed by atoms with van der Waals surface area (Å²) in [4.78, 5) is 4.48. The maximum atomic E-state index is 4.48. The van der Waals surface area contributed by atoms with Crippen LogP contribution in [0, 0.1) is 0 Å². The van der Waals surface area contributed by atoms with Crippen molar-refractivity contribution in [2.24, 2.45) is 4.99 Å². The van der Waals surface area contributed by atoms with E-state index in [0.717, 1.165) is 17.9 Å². The summed E-state index contributed by atoms with van der Waals surface area (Å²) in [6, 6.07) is 20.7. The molecule has 3 heteroatoms. The van der Waals surface area contributed by atoms with Gasteiger partial charge in [-0.2, -0.15) is 0 Å². The van der Waals surface area contributed by atoms with Crippen molar-refractivity contribution >= 4 is 5.84 Å². The Morgan fingerprint density at radius 3 is 1.95 bits per heavy atom. The van der Waals surface area contributed by atoms with Crippen LogP contribution < -0.4 is 0 Å². The molecule has 0 saturated carbocycles. The maximum Gasteiger partial charge on any atom is 0.145 e. The van der Waals surface area contributed by atoms with Gasteiger partial charge in [-0.05, 0) is 5.56 Å². The summed E-state index contributed by atoms with van der Waals surface area (Å²) in [5.41, 5.74) is 2.39. The number of amidine groups is 1.